The first-order chi connectivity index (χ1) is 7.32. The number of hydrogen-bond donors (Lipinski definition) is 0. The molecule has 0 saturated heterocycles. The fourth-order valence-corrected chi connectivity index (χ4v) is 4.00. The van der Waals surface area contributed by atoms with Crippen LogP contribution in [-0.2, 0) is 0 Å². The summed E-state index contributed by atoms with van der Waals surface area (Å²) in [6.07, 6.45) is 8.55. The molecule has 2 aliphatic carbocycles. The predicted octanol–water partition coefficient (Wildman–Crippen LogP) is 5.20. The third-order valence-corrected chi connectivity index (χ3v) is 5.31. The maximum Gasteiger partial charge on any atom is -0.0229 e. The molecule has 2 fully saturated rings. The lowest BCUT2D eigenvalue weighted by atomic mass is 9.63. The summed E-state index contributed by atoms with van der Waals surface area (Å²) in [5.74, 6) is 1.73. The minimum absolute atomic E-state index is 0.517. The number of rotatable bonds is 0. The second kappa shape index (κ2) is 3.89. The van der Waals surface area contributed by atoms with Crippen molar-refractivity contribution in [1.82, 2.24) is 0 Å². The van der Waals surface area contributed by atoms with E-state index in [1.54, 1.807) is 0 Å². The van der Waals surface area contributed by atoms with Crippen LogP contribution in [0.3, 0.4) is 0 Å². The molecule has 0 radical (unpaired) electrons. The molecule has 0 aromatic rings. The van der Waals surface area contributed by atoms with Gasteiger partial charge in [0.05, 0.1) is 0 Å². The van der Waals surface area contributed by atoms with Crippen molar-refractivity contribution < 1.29 is 0 Å². The van der Waals surface area contributed by atoms with E-state index in [2.05, 4.69) is 34.3 Å². The summed E-state index contributed by atoms with van der Waals surface area (Å²) in [5, 5.41) is 0. The quantitative estimate of drug-likeness (QED) is 0.492. The van der Waals surface area contributed by atoms with E-state index in [1.165, 1.54) is 44.1 Å². The number of hydrogen-bond acceptors (Lipinski definition) is 0. The molecule has 1 atom stereocenters. The van der Waals surface area contributed by atoms with Crippen LogP contribution >= 0.6 is 0 Å². The highest BCUT2D eigenvalue weighted by molar-refractivity contribution is 5.13. The third-order valence-electron chi connectivity index (χ3n) is 5.31. The van der Waals surface area contributed by atoms with Gasteiger partial charge in [-0.15, -0.1) is 0 Å². The molecule has 0 amide bonds. The van der Waals surface area contributed by atoms with E-state index in [9.17, 15) is 0 Å². The molecule has 1 unspecified atom stereocenters. The maximum atomic E-state index is 4.25. The molecule has 2 rings (SSSR count). The summed E-state index contributed by atoms with van der Waals surface area (Å²) >= 11 is 0. The summed E-state index contributed by atoms with van der Waals surface area (Å²) in [7, 11) is 0. The van der Waals surface area contributed by atoms with Crippen molar-refractivity contribution in [1.29, 1.82) is 0 Å². The predicted molar refractivity (Wildman–Crippen MR) is 71.4 cm³/mol. The Bertz CT molecular complexity index is 271. The van der Waals surface area contributed by atoms with Crippen molar-refractivity contribution in [3.63, 3.8) is 0 Å². The molecule has 0 aromatic carbocycles. The molecule has 92 valence electrons. The Labute approximate surface area is 102 Å². The average molecular weight is 220 g/mol. The Balaban J connectivity index is 1.98. The van der Waals surface area contributed by atoms with Crippen molar-refractivity contribution >= 4 is 0 Å². The van der Waals surface area contributed by atoms with Gasteiger partial charge in [0.15, 0.2) is 0 Å². The van der Waals surface area contributed by atoms with Crippen LogP contribution in [0.2, 0.25) is 0 Å². The van der Waals surface area contributed by atoms with E-state index in [0.717, 1.165) is 11.8 Å². The molecule has 0 bridgehead atoms. The molecule has 0 N–H and O–H groups in total. The van der Waals surface area contributed by atoms with Gasteiger partial charge >= 0.3 is 0 Å². The molecule has 2 aliphatic rings. The van der Waals surface area contributed by atoms with Crippen LogP contribution in [0, 0.1) is 22.7 Å². The van der Waals surface area contributed by atoms with Crippen LogP contribution in [0.4, 0.5) is 0 Å². The zero-order valence-corrected chi connectivity index (χ0v) is 11.6. The zero-order chi connectivity index (χ0) is 12.0. The van der Waals surface area contributed by atoms with E-state index in [1.807, 2.05) is 0 Å². The molecule has 1 spiro atoms. The first-order valence-corrected chi connectivity index (χ1v) is 7.00. The van der Waals surface area contributed by atoms with Gasteiger partial charge in [0, 0.05) is 0 Å². The second-order valence-electron chi connectivity index (χ2n) is 7.58. The first kappa shape index (κ1) is 12.2. The zero-order valence-electron chi connectivity index (χ0n) is 11.6. The van der Waals surface area contributed by atoms with E-state index in [4.69, 9.17) is 0 Å². The molecular weight excluding hydrogens is 192 g/mol. The Hall–Kier alpha value is -0.260. The SMILES string of the molecule is C=C1CC2(CCC(C(C)(C)C)CC2)CC1C. The van der Waals surface area contributed by atoms with Crippen LogP contribution in [0.15, 0.2) is 12.2 Å². The van der Waals surface area contributed by atoms with E-state index < -0.39 is 0 Å². The van der Waals surface area contributed by atoms with Crippen LogP contribution in [0.5, 0.6) is 0 Å². The van der Waals surface area contributed by atoms with Gasteiger partial charge in [-0.05, 0) is 61.2 Å². The number of allylic oxidation sites excluding steroid dienone is 1. The van der Waals surface area contributed by atoms with Gasteiger partial charge in [0.25, 0.3) is 0 Å². The summed E-state index contributed by atoms with van der Waals surface area (Å²) in [5.41, 5.74) is 2.70. The fraction of sp³-hybridized carbons (Fsp3) is 0.875. The molecule has 0 aliphatic heterocycles. The van der Waals surface area contributed by atoms with Gasteiger partial charge in [-0.1, -0.05) is 39.8 Å². The highest BCUT2D eigenvalue weighted by Gasteiger charge is 2.43. The average Bonchev–Trinajstić information content (AvgIpc) is 2.41. The largest absolute Gasteiger partial charge is 0.0996 e. The second-order valence-corrected chi connectivity index (χ2v) is 7.58. The molecule has 0 heteroatoms. The van der Waals surface area contributed by atoms with Gasteiger partial charge in [-0.2, -0.15) is 0 Å². The standard InChI is InChI=1S/C16H28/c1-12-10-16(11-13(12)2)8-6-14(7-9-16)15(3,4)5/h13-14H,1,6-11H2,2-5H3. The van der Waals surface area contributed by atoms with Gasteiger partial charge in [0.1, 0.15) is 0 Å². The summed E-state index contributed by atoms with van der Waals surface area (Å²) in [4.78, 5) is 0. The lowest BCUT2D eigenvalue weighted by Gasteiger charge is -2.42. The molecule has 0 heterocycles. The van der Waals surface area contributed by atoms with E-state index in [0.29, 0.717) is 10.8 Å². The highest BCUT2D eigenvalue weighted by atomic mass is 14.5. The van der Waals surface area contributed by atoms with Crippen molar-refractivity contribution in [3.05, 3.63) is 12.2 Å². The fourth-order valence-electron chi connectivity index (χ4n) is 4.00. The van der Waals surface area contributed by atoms with Gasteiger partial charge in [-0.3, -0.25) is 0 Å². The van der Waals surface area contributed by atoms with Crippen molar-refractivity contribution in [2.45, 2.75) is 66.2 Å². The minimum Gasteiger partial charge on any atom is -0.0996 e. The molecule has 0 aromatic heterocycles. The lowest BCUT2D eigenvalue weighted by Crippen LogP contribution is -2.31. The molecule has 2 saturated carbocycles. The van der Waals surface area contributed by atoms with Crippen LogP contribution in [0.25, 0.3) is 0 Å². The summed E-state index contributed by atoms with van der Waals surface area (Å²) in [6.45, 7) is 13.8. The maximum absolute atomic E-state index is 4.25. The topological polar surface area (TPSA) is 0 Å². The van der Waals surface area contributed by atoms with E-state index >= 15 is 0 Å². The monoisotopic (exact) mass is 220 g/mol. The smallest absolute Gasteiger partial charge is 0.0229 e. The summed E-state index contributed by atoms with van der Waals surface area (Å²) in [6, 6.07) is 0. The molecular formula is C16H28. The van der Waals surface area contributed by atoms with Crippen LogP contribution in [0.1, 0.15) is 66.2 Å². The normalized spacial score (nSPS) is 40.6. The minimum atomic E-state index is 0.517. The van der Waals surface area contributed by atoms with Crippen molar-refractivity contribution in [3.8, 4) is 0 Å². The Morgan fingerprint density at radius 1 is 1.19 bits per heavy atom. The molecule has 16 heavy (non-hydrogen) atoms. The van der Waals surface area contributed by atoms with Crippen molar-refractivity contribution in [2.75, 3.05) is 0 Å². The lowest BCUT2D eigenvalue weighted by molar-refractivity contribution is 0.0904. The Morgan fingerprint density at radius 3 is 2.12 bits per heavy atom. The first-order valence-electron chi connectivity index (χ1n) is 7.00. The van der Waals surface area contributed by atoms with Crippen molar-refractivity contribution in [2.24, 2.45) is 22.7 Å². The van der Waals surface area contributed by atoms with Crippen LogP contribution in [-0.4, -0.2) is 0 Å². The van der Waals surface area contributed by atoms with Crippen LogP contribution < -0.4 is 0 Å². The Kier molecular flexibility index (Phi) is 2.97. The summed E-state index contributed by atoms with van der Waals surface area (Å²) < 4.78 is 0. The van der Waals surface area contributed by atoms with Gasteiger partial charge in [0.2, 0.25) is 0 Å². The van der Waals surface area contributed by atoms with Gasteiger partial charge in [-0.25, -0.2) is 0 Å². The Morgan fingerprint density at radius 2 is 1.75 bits per heavy atom. The van der Waals surface area contributed by atoms with Gasteiger partial charge < -0.3 is 0 Å². The van der Waals surface area contributed by atoms with E-state index in [-0.39, 0.29) is 0 Å². The molecule has 0 nitrogen and oxygen atoms in total. The third kappa shape index (κ3) is 2.21. The highest BCUT2D eigenvalue weighted by Crippen LogP contribution is 2.55.